The van der Waals surface area contributed by atoms with Crippen molar-refractivity contribution in [2.75, 3.05) is 25.0 Å². The Hall–Kier alpha value is -4.05. The highest BCUT2D eigenvalue weighted by molar-refractivity contribution is 6.04. The first-order valence-corrected chi connectivity index (χ1v) is 11.1. The van der Waals surface area contributed by atoms with E-state index in [0.717, 1.165) is 12.5 Å². The molecule has 182 valence electrons. The first-order chi connectivity index (χ1) is 16.8. The lowest BCUT2D eigenvalue weighted by molar-refractivity contribution is 0.0651. The number of hydrogen-bond donors (Lipinski definition) is 2. The lowest BCUT2D eigenvalue weighted by atomic mass is 10.1. The minimum atomic E-state index is -0.715. The van der Waals surface area contributed by atoms with Crippen molar-refractivity contribution in [3.8, 4) is 17.2 Å². The zero-order valence-corrected chi connectivity index (χ0v) is 19.3. The van der Waals surface area contributed by atoms with Gasteiger partial charge in [-0.2, -0.15) is 0 Å². The van der Waals surface area contributed by atoms with Crippen LogP contribution in [-0.4, -0.2) is 57.6 Å². The molecule has 1 saturated heterocycles. The average Bonchev–Trinajstić information content (AvgIpc) is 2.80. The van der Waals surface area contributed by atoms with E-state index in [0.29, 0.717) is 18.8 Å². The fraction of sp³-hybridized carbons (Fsp3) is 0.280. The summed E-state index contributed by atoms with van der Waals surface area (Å²) in [5.74, 6) is -0.936. The van der Waals surface area contributed by atoms with E-state index in [1.807, 2.05) is 0 Å². The number of halogens is 1. The molecule has 2 amide bonds. The number of aromatic nitrogens is 2. The molecule has 2 heterocycles. The molecule has 1 atom stereocenters. The number of nitrogens with zero attached hydrogens (tertiary/aromatic N) is 3. The summed E-state index contributed by atoms with van der Waals surface area (Å²) in [6.07, 6.45) is 3.34. The molecular weight excluding hydrogens is 455 g/mol. The van der Waals surface area contributed by atoms with Gasteiger partial charge in [0.2, 0.25) is 0 Å². The third kappa shape index (κ3) is 5.90. The number of hydrogen-bond acceptors (Lipinski definition) is 7. The maximum Gasteiger partial charge on any atom is 0.257 e. The molecule has 1 aliphatic heterocycles. The van der Waals surface area contributed by atoms with Crippen LogP contribution in [-0.2, 0) is 0 Å². The highest BCUT2D eigenvalue weighted by Crippen LogP contribution is 2.31. The standard InChI is InChI=1S/C25H25FN4O5/c1-15-12-28-23(13-27-15)29-24(32)18-8-19(34-16(2)14-31)11-20(9-18)35-22-5-4-17(10-21(22)26)25(33)30-6-3-7-30/h4-5,8-13,16,31H,3,6-7,14H2,1-2H3,(H,28,29,32). The van der Waals surface area contributed by atoms with E-state index < -0.39 is 17.8 Å². The van der Waals surface area contributed by atoms with Gasteiger partial charge in [0.15, 0.2) is 17.4 Å². The van der Waals surface area contributed by atoms with Gasteiger partial charge < -0.3 is 24.8 Å². The summed E-state index contributed by atoms with van der Waals surface area (Å²) in [7, 11) is 0. The summed E-state index contributed by atoms with van der Waals surface area (Å²) in [4.78, 5) is 35.0. The van der Waals surface area contributed by atoms with Gasteiger partial charge in [-0.1, -0.05) is 0 Å². The number of likely N-dealkylation sites (tertiary alicyclic amines) is 1. The third-order valence-corrected chi connectivity index (χ3v) is 5.31. The van der Waals surface area contributed by atoms with Gasteiger partial charge in [0.05, 0.1) is 24.7 Å². The van der Waals surface area contributed by atoms with Crippen LogP contribution >= 0.6 is 0 Å². The number of ether oxygens (including phenoxy) is 2. The summed E-state index contributed by atoms with van der Waals surface area (Å²) in [5.41, 5.74) is 1.10. The number of carbonyl (C=O) groups is 2. The Labute approximate surface area is 201 Å². The van der Waals surface area contributed by atoms with Crippen molar-refractivity contribution < 1.29 is 28.6 Å². The minimum Gasteiger partial charge on any atom is -0.488 e. The first kappa shape index (κ1) is 24.1. The molecule has 4 rings (SSSR count). The van der Waals surface area contributed by atoms with Crippen LogP contribution in [0.3, 0.4) is 0 Å². The lowest BCUT2D eigenvalue weighted by Crippen LogP contribution is -2.42. The van der Waals surface area contributed by atoms with E-state index in [9.17, 15) is 19.1 Å². The van der Waals surface area contributed by atoms with Gasteiger partial charge >= 0.3 is 0 Å². The van der Waals surface area contributed by atoms with Gasteiger partial charge in [0.25, 0.3) is 11.8 Å². The summed E-state index contributed by atoms with van der Waals surface area (Å²) >= 11 is 0. The Morgan fingerprint density at radius 1 is 1.11 bits per heavy atom. The lowest BCUT2D eigenvalue weighted by Gasteiger charge is -2.30. The molecule has 9 nitrogen and oxygen atoms in total. The Bertz CT molecular complexity index is 1230. The molecule has 10 heteroatoms. The fourth-order valence-electron chi connectivity index (χ4n) is 3.29. The first-order valence-electron chi connectivity index (χ1n) is 11.1. The molecule has 0 radical (unpaired) electrons. The smallest absolute Gasteiger partial charge is 0.257 e. The van der Waals surface area contributed by atoms with Crippen molar-refractivity contribution in [3.63, 3.8) is 0 Å². The third-order valence-electron chi connectivity index (χ3n) is 5.31. The summed E-state index contributed by atoms with van der Waals surface area (Å²) in [5, 5.41) is 12.0. The summed E-state index contributed by atoms with van der Waals surface area (Å²) in [6.45, 7) is 4.51. The molecule has 2 aromatic carbocycles. The summed E-state index contributed by atoms with van der Waals surface area (Å²) < 4.78 is 26.1. The van der Waals surface area contributed by atoms with Crippen LogP contribution in [0.1, 0.15) is 39.8 Å². The SMILES string of the molecule is Cc1cnc(NC(=O)c2cc(Oc3ccc(C(=O)N4CCC4)cc3F)cc(OC(C)CO)c2)cn1. The Morgan fingerprint density at radius 3 is 2.51 bits per heavy atom. The molecule has 1 aromatic heterocycles. The second-order valence-corrected chi connectivity index (χ2v) is 8.19. The maximum absolute atomic E-state index is 14.8. The number of carbonyl (C=O) groups excluding carboxylic acids is 2. The number of rotatable bonds is 8. The zero-order chi connectivity index (χ0) is 24.9. The number of aliphatic hydroxyl groups excluding tert-OH is 1. The van der Waals surface area contributed by atoms with E-state index >= 15 is 0 Å². The van der Waals surface area contributed by atoms with E-state index in [4.69, 9.17) is 9.47 Å². The van der Waals surface area contributed by atoms with Gasteiger partial charge in [-0.25, -0.2) is 9.37 Å². The van der Waals surface area contributed by atoms with E-state index in [-0.39, 0.29) is 46.7 Å². The van der Waals surface area contributed by atoms with Crippen LogP contribution in [0.15, 0.2) is 48.8 Å². The molecule has 3 aromatic rings. The van der Waals surface area contributed by atoms with Crippen LogP contribution in [0.25, 0.3) is 0 Å². The Balaban J connectivity index is 1.58. The van der Waals surface area contributed by atoms with Gasteiger partial charge in [0, 0.05) is 30.3 Å². The zero-order valence-electron chi connectivity index (χ0n) is 19.3. The summed E-state index contributed by atoms with van der Waals surface area (Å²) in [6, 6.07) is 8.37. The molecule has 0 saturated carbocycles. The number of benzene rings is 2. The number of aliphatic hydroxyl groups is 1. The van der Waals surface area contributed by atoms with Crippen molar-refractivity contribution in [2.24, 2.45) is 0 Å². The Kier molecular flexibility index (Phi) is 7.21. The predicted octanol–water partition coefficient (Wildman–Crippen LogP) is 3.57. The second-order valence-electron chi connectivity index (χ2n) is 8.19. The van der Waals surface area contributed by atoms with Gasteiger partial charge in [-0.05, 0) is 50.6 Å². The van der Waals surface area contributed by atoms with Crippen LogP contribution < -0.4 is 14.8 Å². The predicted molar refractivity (Wildman–Crippen MR) is 125 cm³/mol. The molecule has 35 heavy (non-hydrogen) atoms. The van der Waals surface area contributed by atoms with Crippen LogP contribution in [0.2, 0.25) is 0 Å². The average molecular weight is 480 g/mol. The monoisotopic (exact) mass is 480 g/mol. The quantitative estimate of drug-likeness (QED) is 0.507. The number of nitrogens with one attached hydrogen (secondary N) is 1. The van der Waals surface area contributed by atoms with Crippen LogP contribution in [0.5, 0.6) is 17.2 Å². The molecule has 0 bridgehead atoms. The van der Waals surface area contributed by atoms with E-state index in [1.165, 1.54) is 42.7 Å². The van der Waals surface area contributed by atoms with Gasteiger partial charge in [0.1, 0.15) is 17.6 Å². The topological polar surface area (TPSA) is 114 Å². The number of aryl methyl sites for hydroxylation is 1. The normalized spacial score (nSPS) is 13.5. The van der Waals surface area contributed by atoms with Crippen molar-refractivity contribution in [3.05, 3.63) is 71.4 Å². The fourth-order valence-corrected chi connectivity index (χ4v) is 3.29. The molecule has 1 fully saturated rings. The van der Waals surface area contributed by atoms with Gasteiger partial charge in [-0.15, -0.1) is 0 Å². The van der Waals surface area contributed by atoms with Crippen LogP contribution in [0.4, 0.5) is 10.2 Å². The van der Waals surface area contributed by atoms with Crippen molar-refractivity contribution in [1.82, 2.24) is 14.9 Å². The van der Waals surface area contributed by atoms with Crippen molar-refractivity contribution >= 4 is 17.6 Å². The van der Waals surface area contributed by atoms with Crippen LogP contribution in [0, 0.1) is 12.7 Å². The second kappa shape index (κ2) is 10.5. The van der Waals surface area contributed by atoms with Crippen molar-refractivity contribution in [1.29, 1.82) is 0 Å². The number of anilines is 1. The maximum atomic E-state index is 14.8. The largest absolute Gasteiger partial charge is 0.488 e. The molecule has 1 aliphatic rings. The van der Waals surface area contributed by atoms with Gasteiger partial charge in [-0.3, -0.25) is 14.6 Å². The van der Waals surface area contributed by atoms with E-state index in [2.05, 4.69) is 15.3 Å². The molecule has 2 N–H and O–H groups in total. The minimum absolute atomic E-state index is 0.117. The molecule has 0 aliphatic carbocycles. The highest BCUT2D eigenvalue weighted by Gasteiger charge is 2.23. The van der Waals surface area contributed by atoms with Crippen molar-refractivity contribution in [2.45, 2.75) is 26.4 Å². The molecule has 1 unspecified atom stereocenters. The highest BCUT2D eigenvalue weighted by atomic mass is 19.1. The molecule has 0 spiro atoms. The molecular formula is C25H25FN4O5. The Morgan fingerprint density at radius 2 is 1.89 bits per heavy atom. The number of amides is 2. The van der Waals surface area contributed by atoms with E-state index in [1.54, 1.807) is 18.7 Å².